The minimum atomic E-state index is 0.0344. The molecule has 1 amide bonds. The molecule has 0 spiro atoms. The maximum absolute atomic E-state index is 12.0. The number of methoxy groups -OCH3 is 1. The average molecular weight is 314 g/mol. The summed E-state index contributed by atoms with van der Waals surface area (Å²) in [4.78, 5) is 16.5. The van der Waals surface area contributed by atoms with Gasteiger partial charge in [0.1, 0.15) is 5.75 Å². The normalized spacial score (nSPS) is 16.7. The van der Waals surface area contributed by atoms with E-state index in [0.717, 1.165) is 29.8 Å². The highest BCUT2D eigenvalue weighted by Gasteiger charge is 2.15. The molecule has 5 heteroatoms. The SMILES string of the molecule is COc1ccc(-c2csc(NC(=O)CC3C=CCC3)n2)cc1. The van der Waals surface area contributed by atoms with Gasteiger partial charge in [-0.25, -0.2) is 4.98 Å². The van der Waals surface area contributed by atoms with Crippen LogP contribution >= 0.6 is 11.3 Å². The van der Waals surface area contributed by atoms with Crippen LogP contribution in [0.15, 0.2) is 41.8 Å². The number of hydrogen-bond donors (Lipinski definition) is 1. The molecule has 0 saturated heterocycles. The third-order valence-corrected chi connectivity index (χ3v) is 4.45. The smallest absolute Gasteiger partial charge is 0.226 e. The Labute approximate surface area is 133 Å². The number of ether oxygens (including phenoxy) is 1. The molecule has 2 aromatic rings. The Morgan fingerprint density at radius 1 is 1.41 bits per heavy atom. The summed E-state index contributed by atoms with van der Waals surface area (Å²) in [6.07, 6.45) is 6.96. The van der Waals surface area contributed by atoms with Crippen LogP contribution in [0, 0.1) is 5.92 Å². The number of amides is 1. The Kier molecular flexibility index (Phi) is 4.53. The number of allylic oxidation sites excluding steroid dienone is 2. The van der Waals surface area contributed by atoms with Gasteiger partial charge in [0, 0.05) is 17.4 Å². The predicted molar refractivity (Wildman–Crippen MR) is 89.2 cm³/mol. The van der Waals surface area contributed by atoms with Gasteiger partial charge in [0.2, 0.25) is 5.91 Å². The van der Waals surface area contributed by atoms with Gasteiger partial charge in [-0.3, -0.25) is 4.79 Å². The molecule has 0 saturated carbocycles. The molecule has 1 aliphatic carbocycles. The van der Waals surface area contributed by atoms with Crippen molar-refractivity contribution in [3.8, 4) is 17.0 Å². The first kappa shape index (κ1) is 14.8. The fourth-order valence-electron chi connectivity index (χ4n) is 2.50. The number of anilines is 1. The summed E-state index contributed by atoms with van der Waals surface area (Å²) >= 11 is 1.45. The first-order chi connectivity index (χ1) is 10.7. The first-order valence-electron chi connectivity index (χ1n) is 7.31. The van der Waals surface area contributed by atoms with Crippen molar-refractivity contribution in [1.82, 2.24) is 4.98 Å². The highest BCUT2D eigenvalue weighted by Crippen LogP contribution is 2.27. The van der Waals surface area contributed by atoms with Crippen molar-refractivity contribution in [3.63, 3.8) is 0 Å². The second kappa shape index (κ2) is 6.75. The van der Waals surface area contributed by atoms with Gasteiger partial charge in [0.05, 0.1) is 12.8 Å². The Hall–Kier alpha value is -2.14. The van der Waals surface area contributed by atoms with E-state index in [9.17, 15) is 4.79 Å². The Morgan fingerprint density at radius 2 is 2.23 bits per heavy atom. The fraction of sp³-hybridized carbons (Fsp3) is 0.294. The van der Waals surface area contributed by atoms with E-state index in [-0.39, 0.29) is 5.91 Å². The standard InChI is InChI=1S/C17H18N2O2S/c1-21-14-8-6-13(7-9-14)15-11-22-17(18-15)19-16(20)10-12-4-2-3-5-12/h2,4,6-9,11-12H,3,5,10H2,1H3,(H,18,19,20). The first-order valence-corrected chi connectivity index (χ1v) is 8.19. The summed E-state index contributed by atoms with van der Waals surface area (Å²) in [5.74, 6) is 1.23. The molecule has 0 bridgehead atoms. The molecule has 1 aliphatic rings. The van der Waals surface area contributed by atoms with Crippen LogP contribution in [-0.4, -0.2) is 18.0 Å². The second-order valence-corrected chi connectivity index (χ2v) is 6.14. The van der Waals surface area contributed by atoms with E-state index < -0.39 is 0 Å². The number of rotatable bonds is 5. The number of hydrogen-bond acceptors (Lipinski definition) is 4. The van der Waals surface area contributed by atoms with Crippen molar-refractivity contribution < 1.29 is 9.53 Å². The van der Waals surface area contributed by atoms with E-state index in [0.29, 0.717) is 17.5 Å². The number of thiazole rings is 1. The molecule has 1 unspecified atom stereocenters. The van der Waals surface area contributed by atoms with Gasteiger partial charge >= 0.3 is 0 Å². The lowest BCUT2D eigenvalue weighted by atomic mass is 10.1. The number of carbonyl (C=O) groups is 1. The third kappa shape index (κ3) is 3.54. The van der Waals surface area contributed by atoms with Crippen molar-refractivity contribution in [2.75, 3.05) is 12.4 Å². The van der Waals surface area contributed by atoms with Crippen molar-refractivity contribution in [3.05, 3.63) is 41.8 Å². The molecule has 1 N–H and O–H groups in total. The summed E-state index contributed by atoms with van der Waals surface area (Å²) in [5, 5.41) is 5.49. The van der Waals surface area contributed by atoms with Gasteiger partial charge in [-0.05, 0) is 43.0 Å². The zero-order valence-electron chi connectivity index (χ0n) is 12.4. The van der Waals surface area contributed by atoms with Gasteiger partial charge in [-0.2, -0.15) is 0 Å². The largest absolute Gasteiger partial charge is 0.497 e. The molecule has 4 nitrogen and oxygen atoms in total. The maximum Gasteiger partial charge on any atom is 0.226 e. The van der Waals surface area contributed by atoms with Crippen molar-refractivity contribution in [1.29, 1.82) is 0 Å². The topological polar surface area (TPSA) is 51.2 Å². The Morgan fingerprint density at radius 3 is 2.91 bits per heavy atom. The van der Waals surface area contributed by atoms with Crippen LogP contribution in [0.4, 0.5) is 5.13 Å². The molecule has 0 fully saturated rings. The van der Waals surface area contributed by atoms with E-state index in [4.69, 9.17) is 4.74 Å². The molecule has 1 aromatic carbocycles. The molecule has 114 valence electrons. The van der Waals surface area contributed by atoms with Crippen LogP contribution in [0.2, 0.25) is 0 Å². The number of nitrogens with one attached hydrogen (secondary N) is 1. The summed E-state index contributed by atoms with van der Waals surface area (Å²) in [5.41, 5.74) is 1.87. The van der Waals surface area contributed by atoms with Crippen molar-refractivity contribution in [2.45, 2.75) is 19.3 Å². The predicted octanol–water partition coefficient (Wildman–Crippen LogP) is 4.11. The van der Waals surface area contributed by atoms with Gasteiger partial charge in [-0.1, -0.05) is 12.2 Å². The monoisotopic (exact) mass is 314 g/mol. The highest BCUT2D eigenvalue weighted by atomic mass is 32.1. The number of carbonyl (C=O) groups excluding carboxylic acids is 1. The summed E-state index contributed by atoms with van der Waals surface area (Å²) in [6, 6.07) is 7.73. The second-order valence-electron chi connectivity index (χ2n) is 5.28. The number of nitrogens with zero attached hydrogens (tertiary/aromatic N) is 1. The molecule has 0 radical (unpaired) electrons. The van der Waals surface area contributed by atoms with Crippen molar-refractivity contribution in [2.24, 2.45) is 5.92 Å². The van der Waals surface area contributed by atoms with Crippen LogP contribution in [0.1, 0.15) is 19.3 Å². The minimum Gasteiger partial charge on any atom is -0.497 e. The van der Waals surface area contributed by atoms with Gasteiger partial charge in [-0.15, -0.1) is 11.3 Å². The third-order valence-electron chi connectivity index (χ3n) is 3.70. The lowest BCUT2D eigenvalue weighted by molar-refractivity contribution is -0.116. The molecule has 0 aliphatic heterocycles. The quantitative estimate of drug-likeness (QED) is 0.845. The molecular weight excluding hydrogens is 296 g/mol. The highest BCUT2D eigenvalue weighted by molar-refractivity contribution is 7.14. The van der Waals surface area contributed by atoms with Crippen LogP contribution in [0.3, 0.4) is 0 Å². The Balaban J connectivity index is 1.62. The summed E-state index contributed by atoms with van der Waals surface area (Å²) in [7, 11) is 1.64. The molecule has 1 atom stereocenters. The molecule has 22 heavy (non-hydrogen) atoms. The van der Waals surface area contributed by atoms with E-state index in [2.05, 4.69) is 22.5 Å². The number of benzene rings is 1. The molecule has 3 rings (SSSR count). The lowest BCUT2D eigenvalue weighted by Gasteiger charge is -2.06. The molecule has 1 aromatic heterocycles. The van der Waals surface area contributed by atoms with Gasteiger partial charge in [0.25, 0.3) is 0 Å². The zero-order chi connectivity index (χ0) is 15.4. The molecule has 1 heterocycles. The van der Waals surface area contributed by atoms with E-state index in [1.807, 2.05) is 29.6 Å². The molecular formula is C17H18N2O2S. The summed E-state index contributed by atoms with van der Waals surface area (Å²) in [6.45, 7) is 0. The van der Waals surface area contributed by atoms with Gasteiger partial charge in [0.15, 0.2) is 5.13 Å². The van der Waals surface area contributed by atoms with Crippen LogP contribution < -0.4 is 10.1 Å². The van der Waals surface area contributed by atoms with E-state index in [1.54, 1.807) is 7.11 Å². The fourth-order valence-corrected chi connectivity index (χ4v) is 3.24. The minimum absolute atomic E-state index is 0.0344. The van der Waals surface area contributed by atoms with Crippen LogP contribution in [0.25, 0.3) is 11.3 Å². The summed E-state index contributed by atoms with van der Waals surface area (Å²) < 4.78 is 5.15. The van der Waals surface area contributed by atoms with E-state index in [1.165, 1.54) is 11.3 Å². The van der Waals surface area contributed by atoms with E-state index >= 15 is 0 Å². The lowest BCUT2D eigenvalue weighted by Crippen LogP contribution is -2.14. The Bertz CT molecular complexity index is 676. The maximum atomic E-state index is 12.0. The average Bonchev–Trinajstić information content (AvgIpc) is 3.19. The number of aromatic nitrogens is 1. The zero-order valence-corrected chi connectivity index (χ0v) is 13.2. The van der Waals surface area contributed by atoms with Crippen molar-refractivity contribution >= 4 is 22.4 Å². The van der Waals surface area contributed by atoms with Crippen LogP contribution in [-0.2, 0) is 4.79 Å². The van der Waals surface area contributed by atoms with Crippen LogP contribution in [0.5, 0.6) is 5.75 Å². The van der Waals surface area contributed by atoms with Gasteiger partial charge < -0.3 is 10.1 Å².